The Kier molecular flexibility index (Phi) is 15.9. The molecule has 0 spiro atoms. The van der Waals surface area contributed by atoms with E-state index in [0.717, 1.165) is 60.5 Å². The van der Waals surface area contributed by atoms with Gasteiger partial charge >= 0.3 is 19.1 Å². The van der Waals surface area contributed by atoms with Crippen molar-refractivity contribution >= 4 is 57.7 Å². The minimum absolute atomic E-state index is 0. The third kappa shape index (κ3) is 12.2. The van der Waals surface area contributed by atoms with E-state index in [1.165, 1.54) is 14.2 Å². The van der Waals surface area contributed by atoms with Gasteiger partial charge in [-0.3, -0.25) is 14.6 Å². The molecule has 59 heavy (non-hydrogen) atoms. The van der Waals surface area contributed by atoms with E-state index in [0.29, 0.717) is 5.15 Å². The van der Waals surface area contributed by atoms with Crippen molar-refractivity contribution < 1.29 is 38.6 Å². The van der Waals surface area contributed by atoms with Gasteiger partial charge in [0.15, 0.2) is 0 Å². The lowest BCUT2D eigenvalue weighted by atomic mass is 9.78. The highest BCUT2D eigenvalue weighted by Gasteiger charge is 2.51. The smallest absolute Gasteiger partial charge is 0.469 e. The zero-order chi connectivity index (χ0) is 42.2. The molecule has 2 aromatic heterocycles. The van der Waals surface area contributed by atoms with E-state index < -0.39 is 19.3 Å². The fourth-order valence-electron chi connectivity index (χ4n) is 6.12. The number of pyridine rings is 2. The van der Waals surface area contributed by atoms with Crippen LogP contribution < -0.4 is 5.46 Å². The third-order valence-corrected chi connectivity index (χ3v) is 10.5. The Morgan fingerprint density at radius 3 is 1.69 bits per heavy atom. The molecule has 1 aliphatic heterocycles. The Balaban J connectivity index is 0.000000200. The van der Waals surface area contributed by atoms with Crippen molar-refractivity contribution in [3.05, 3.63) is 137 Å². The lowest BCUT2D eigenvalue weighted by Crippen LogP contribution is -2.41. The third-order valence-electron chi connectivity index (χ3n) is 10.3. The monoisotopic (exact) mass is 820 g/mol. The van der Waals surface area contributed by atoms with Crippen LogP contribution in [0.5, 0.6) is 0 Å². The maximum absolute atomic E-state index is 11.4. The maximum atomic E-state index is 11.4. The van der Waals surface area contributed by atoms with E-state index in [1.54, 1.807) is 26.1 Å². The van der Waals surface area contributed by atoms with Gasteiger partial charge in [-0.2, -0.15) is 0 Å². The van der Waals surface area contributed by atoms with Gasteiger partial charge in [0.25, 0.3) is 0 Å². The van der Waals surface area contributed by atoms with Crippen LogP contribution in [0.1, 0.15) is 83.4 Å². The predicted molar refractivity (Wildman–Crippen MR) is 236 cm³/mol. The summed E-state index contributed by atoms with van der Waals surface area (Å²) < 4.78 is 21.4. The van der Waals surface area contributed by atoms with Crippen LogP contribution >= 0.6 is 11.6 Å². The molecule has 2 N–H and O–H groups in total. The molecule has 1 fully saturated rings. The summed E-state index contributed by atoms with van der Waals surface area (Å²) >= 11 is 5.78. The standard InChI is InChI=1S/C20H19NO3.C15H21BO4.C11H10ClNO.CH4/c1-13(22)15-6-7-17-12-21-19(11-18(17)10-15)16-5-3-4-14(8-16)9-20(23)24-2;1-14(2)15(3,4)20-16(19-14)12-8-6-7-11(9-12)10-13(17)18-5;1-7(14)8-2-3-9-6-13-11(12)5-10(9)4-8;/h3-8,10-13,22H,9H2,1-2H3;6-9H,10H2,1-5H3;2-7,14H,1H3;1H4/t13-;;7-;/m1.1./s1. The first kappa shape index (κ1) is 46.5. The fraction of sp³-hybridized carbons (Fsp3) is 0.319. The summed E-state index contributed by atoms with van der Waals surface area (Å²) in [6.07, 6.45) is 3.08. The van der Waals surface area contributed by atoms with Crippen molar-refractivity contribution in [2.75, 3.05) is 14.2 Å². The average Bonchev–Trinajstić information content (AvgIpc) is 3.43. The van der Waals surface area contributed by atoms with Crippen LogP contribution in [0.25, 0.3) is 32.8 Å². The molecular weight excluding hydrogens is 767 g/mol. The number of ether oxygens (including phenoxy) is 2. The van der Waals surface area contributed by atoms with E-state index in [-0.39, 0.29) is 43.4 Å². The molecule has 0 radical (unpaired) electrons. The summed E-state index contributed by atoms with van der Waals surface area (Å²) in [4.78, 5) is 31.3. The number of benzene rings is 4. The molecule has 1 saturated heterocycles. The molecule has 12 heteroatoms. The topological polar surface area (TPSA) is 137 Å². The van der Waals surface area contributed by atoms with Crippen LogP contribution in [0.3, 0.4) is 0 Å². The molecular formula is C47H54BClN2O8. The number of aliphatic hydroxyl groups is 2. The molecule has 10 nitrogen and oxygen atoms in total. The minimum Gasteiger partial charge on any atom is -0.469 e. The molecule has 310 valence electrons. The van der Waals surface area contributed by atoms with Crippen LogP contribution in [-0.4, -0.2) is 64.7 Å². The van der Waals surface area contributed by atoms with Crippen molar-refractivity contribution in [2.24, 2.45) is 0 Å². The lowest BCUT2D eigenvalue weighted by molar-refractivity contribution is -0.140. The second kappa shape index (κ2) is 20.2. The number of aliphatic hydroxyl groups excluding tert-OH is 2. The van der Waals surface area contributed by atoms with E-state index in [1.807, 2.05) is 125 Å². The van der Waals surface area contributed by atoms with Gasteiger partial charge in [-0.05, 0) is 110 Å². The Bertz CT molecular complexity index is 2370. The summed E-state index contributed by atoms with van der Waals surface area (Å²) in [7, 11) is 2.37. The Labute approximate surface area is 352 Å². The second-order valence-corrected chi connectivity index (χ2v) is 15.6. The highest BCUT2D eigenvalue weighted by Crippen LogP contribution is 2.36. The van der Waals surface area contributed by atoms with Gasteiger partial charge < -0.3 is 29.0 Å². The number of methoxy groups -OCH3 is 2. The zero-order valence-corrected chi connectivity index (χ0v) is 34.9. The van der Waals surface area contributed by atoms with Gasteiger partial charge in [0.1, 0.15) is 5.15 Å². The molecule has 0 bridgehead atoms. The first-order valence-electron chi connectivity index (χ1n) is 19.0. The quantitative estimate of drug-likeness (QED) is 0.0870. The van der Waals surface area contributed by atoms with Crippen molar-refractivity contribution in [2.45, 2.75) is 85.2 Å². The molecule has 0 saturated carbocycles. The zero-order valence-electron chi connectivity index (χ0n) is 34.2. The number of hydrogen-bond acceptors (Lipinski definition) is 10. The first-order chi connectivity index (χ1) is 27.5. The van der Waals surface area contributed by atoms with Crippen LogP contribution in [0.15, 0.2) is 109 Å². The first-order valence-corrected chi connectivity index (χ1v) is 19.3. The largest absolute Gasteiger partial charge is 0.494 e. The van der Waals surface area contributed by atoms with Crippen molar-refractivity contribution in [1.82, 2.24) is 9.97 Å². The van der Waals surface area contributed by atoms with Crippen LogP contribution in [0.4, 0.5) is 0 Å². The molecule has 6 aromatic rings. The average molecular weight is 821 g/mol. The number of hydrogen-bond donors (Lipinski definition) is 2. The number of aromatic nitrogens is 2. The second-order valence-electron chi connectivity index (χ2n) is 15.2. The van der Waals surface area contributed by atoms with Crippen LogP contribution in [0.2, 0.25) is 5.15 Å². The SMILES string of the molecule is C.COC(=O)Cc1cccc(-c2cc3cc([C@@H](C)O)ccc3cn2)c1.COC(=O)Cc1cccc(B2OC(C)(C)C(C)(C)O2)c1.C[C@@H](O)c1ccc2cnc(Cl)cc2c1. The highest BCUT2D eigenvalue weighted by molar-refractivity contribution is 6.62. The van der Waals surface area contributed by atoms with E-state index in [9.17, 15) is 19.8 Å². The van der Waals surface area contributed by atoms with Crippen molar-refractivity contribution in [1.29, 1.82) is 0 Å². The number of carbonyl (C=O) groups excluding carboxylic acids is 2. The molecule has 0 aliphatic carbocycles. The number of nitrogens with zero attached hydrogens (tertiary/aromatic N) is 2. The van der Waals surface area contributed by atoms with Gasteiger partial charge in [0, 0.05) is 28.7 Å². The summed E-state index contributed by atoms with van der Waals surface area (Å²) in [5.74, 6) is -0.517. The molecule has 3 heterocycles. The Morgan fingerprint density at radius 1 is 0.678 bits per heavy atom. The van der Waals surface area contributed by atoms with Crippen LogP contribution in [0, 0.1) is 0 Å². The van der Waals surface area contributed by atoms with E-state index >= 15 is 0 Å². The molecule has 4 aromatic carbocycles. The van der Waals surface area contributed by atoms with Gasteiger partial charge in [0.05, 0.1) is 56.2 Å². The minimum atomic E-state index is -0.505. The summed E-state index contributed by atoms with van der Waals surface area (Å²) in [6, 6.07) is 30.8. The Hall–Kier alpha value is -5.17. The maximum Gasteiger partial charge on any atom is 0.494 e. The van der Waals surface area contributed by atoms with E-state index in [4.69, 9.17) is 25.6 Å². The number of rotatable bonds is 8. The van der Waals surface area contributed by atoms with Crippen LogP contribution in [-0.2, 0) is 41.2 Å². The molecule has 7 rings (SSSR count). The predicted octanol–water partition coefficient (Wildman–Crippen LogP) is 8.95. The Morgan fingerprint density at radius 2 is 1.17 bits per heavy atom. The van der Waals surface area contributed by atoms with Gasteiger partial charge in [-0.15, -0.1) is 0 Å². The van der Waals surface area contributed by atoms with Gasteiger partial charge in [-0.25, -0.2) is 4.98 Å². The lowest BCUT2D eigenvalue weighted by Gasteiger charge is -2.32. The summed E-state index contributed by atoms with van der Waals surface area (Å²) in [5, 5.41) is 23.7. The van der Waals surface area contributed by atoms with E-state index in [2.05, 4.69) is 14.7 Å². The normalized spacial score (nSPS) is 14.8. The van der Waals surface area contributed by atoms with Gasteiger partial charge in [-0.1, -0.05) is 85.8 Å². The highest BCUT2D eigenvalue weighted by atomic mass is 35.5. The molecule has 2 atom stereocenters. The van der Waals surface area contributed by atoms with Crippen molar-refractivity contribution in [3.63, 3.8) is 0 Å². The molecule has 1 aliphatic rings. The molecule has 0 amide bonds. The molecule has 0 unspecified atom stereocenters. The number of halogens is 1. The summed E-state index contributed by atoms with van der Waals surface area (Å²) in [5.41, 5.74) is 5.51. The number of fused-ring (bicyclic) bond motifs is 2. The van der Waals surface area contributed by atoms with Gasteiger partial charge in [0.2, 0.25) is 0 Å². The number of carbonyl (C=O) groups is 2. The fourth-order valence-corrected chi connectivity index (χ4v) is 6.28. The number of esters is 2. The van der Waals surface area contributed by atoms with Crippen molar-refractivity contribution in [3.8, 4) is 11.3 Å². The summed E-state index contributed by atoms with van der Waals surface area (Å²) in [6.45, 7) is 11.6.